The lowest BCUT2D eigenvalue weighted by Gasteiger charge is -2.20. The van der Waals surface area contributed by atoms with E-state index in [1.807, 2.05) is 26.8 Å². The zero-order chi connectivity index (χ0) is 19.1. The average molecular weight is 355 g/mol. The Morgan fingerprint density at radius 2 is 2.00 bits per heavy atom. The first-order chi connectivity index (χ1) is 12.2. The summed E-state index contributed by atoms with van der Waals surface area (Å²) in [6.07, 6.45) is 1.36. The molecule has 3 aromatic rings. The molecule has 0 saturated heterocycles. The van der Waals surface area contributed by atoms with Gasteiger partial charge in [0.25, 0.3) is 0 Å². The number of aromatic nitrogens is 3. The highest BCUT2D eigenvalue weighted by atomic mass is 16.6. The van der Waals surface area contributed by atoms with Gasteiger partial charge in [0.2, 0.25) is 5.91 Å². The van der Waals surface area contributed by atoms with Gasteiger partial charge in [-0.05, 0) is 39.0 Å². The highest BCUT2D eigenvalue weighted by Gasteiger charge is 2.21. The number of hydrogen-bond acceptors (Lipinski definition) is 6. The molecule has 0 fully saturated rings. The minimum Gasteiger partial charge on any atom is -0.459 e. The van der Waals surface area contributed by atoms with Crippen LogP contribution in [-0.2, 0) is 20.9 Å². The van der Waals surface area contributed by atoms with Gasteiger partial charge < -0.3 is 20.4 Å². The Bertz CT molecular complexity index is 1020. The van der Waals surface area contributed by atoms with Gasteiger partial charge in [-0.25, -0.2) is 9.97 Å². The maximum absolute atomic E-state index is 12.3. The van der Waals surface area contributed by atoms with Crippen molar-refractivity contribution in [3.05, 3.63) is 24.5 Å². The van der Waals surface area contributed by atoms with Crippen molar-refractivity contribution in [3.8, 4) is 0 Å². The van der Waals surface area contributed by atoms with E-state index < -0.39 is 5.60 Å². The number of ether oxygens (including phenoxy) is 1. The number of carbonyl (C=O) groups excluding carboxylic acids is 2. The number of benzene rings is 1. The van der Waals surface area contributed by atoms with Crippen LogP contribution in [0.5, 0.6) is 0 Å². The first-order valence-corrected chi connectivity index (χ1v) is 8.17. The Balaban J connectivity index is 2.16. The van der Waals surface area contributed by atoms with E-state index in [1.165, 1.54) is 13.3 Å². The Hall–Kier alpha value is -3.16. The van der Waals surface area contributed by atoms with Gasteiger partial charge in [0.1, 0.15) is 29.9 Å². The Labute approximate surface area is 150 Å². The summed E-state index contributed by atoms with van der Waals surface area (Å²) in [5.41, 5.74) is 7.40. The highest BCUT2D eigenvalue weighted by Crippen LogP contribution is 2.32. The fourth-order valence-corrected chi connectivity index (χ4v) is 2.88. The van der Waals surface area contributed by atoms with Crippen LogP contribution in [0.1, 0.15) is 27.7 Å². The molecule has 0 bridgehead atoms. The van der Waals surface area contributed by atoms with Crippen molar-refractivity contribution >= 4 is 45.3 Å². The van der Waals surface area contributed by atoms with Gasteiger partial charge >= 0.3 is 5.97 Å². The largest absolute Gasteiger partial charge is 0.459 e. The van der Waals surface area contributed by atoms with Crippen LogP contribution >= 0.6 is 0 Å². The molecule has 3 rings (SSSR count). The minimum atomic E-state index is -0.581. The summed E-state index contributed by atoms with van der Waals surface area (Å²) in [6.45, 7) is 6.88. The number of amides is 1. The van der Waals surface area contributed by atoms with Crippen LogP contribution in [0.25, 0.3) is 21.9 Å². The van der Waals surface area contributed by atoms with Crippen LogP contribution in [0.3, 0.4) is 0 Å². The number of nitrogen functional groups attached to an aromatic ring is 1. The molecule has 3 N–H and O–H groups in total. The SMILES string of the molecule is CC(=O)Nc1ccc2c(c1)c1c(N)ncnc1n2CC(=O)OC(C)(C)C. The second-order valence-corrected chi connectivity index (χ2v) is 7.04. The molecule has 0 spiro atoms. The molecule has 0 aliphatic heterocycles. The first kappa shape index (κ1) is 17.7. The van der Waals surface area contributed by atoms with Crippen LogP contribution in [0.15, 0.2) is 24.5 Å². The molecule has 26 heavy (non-hydrogen) atoms. The molecule has 136 valence electrons. The number of anilines is 2. The lowest BCUT2D eigenvalue weighted by atomic mass is 10.2. The normalized spacial score (nSPS) is 11.7. The predicted molar refractivity (Wildman–Crippen MR) is 99.6 cm³/mol. The molecular weight excluding hydrogens is 334 g/mol. The van der Waals surface area contributed by atoms with Crippen LogP contribution in [0.4, 0.5) is 11.5 Å². The molecule has 0 saturated carbocycles. The van der Waals surface area contributed by atoms with Crippen molar-refractivity contribution in [1.29, 1.82) is 0 Å². The van der Waals surface area contributed by atoms with E-state index in [2.05, 4.69) is 15.3 Å². The van der Waals surface area contributed by atoms with Crippen molar-refractivity contribution in [2.45, 2.75) is 39.8 Å². The maximum Gasteiger partial charge on any atom is 0.326 e. The van der Waals surface area contributed by atoms with E-state index in [4.69, 9.17) is 10.5 Å². The van der Waals surface area contributed by atoms with E-state index in [0.29, 0.717) is 22.5 Å². The fraction of sp³-hybridized carbons (Fsp3) is 0.333. The summed E-state index contributed by atoms with van der Waals surface area (Å²) in [7, 11) is 0. The second-order valence-electron chi connectivity index (χ2n) is 7.04. The summed E-state index contributed by atoms with van der Waals surface area (Å²) in [4.78, 5) is 32.0. The molecule has 0 atom stereocenters. The minimum absolute atomic E-state index is 0.00674. The fourth-order valence-electron chi connectivity index (χ4n) is 2.88. The third-order valence-corrected chi connectivity index (χ3v) is 3.70. The number of rotatable bonds is 3. The monoisotopic (exact) mass is 355 g/mol. The molecule has 8 nitrogen and oxygen atoms in total. The van der Waals surface area contributed by atoms with Crippen LogP contribution in [0.2, 0.25) is 0 Å². The topological polar surface area (TPSA) is 112 Å². The maximum atomic E-state index is 12.3. The van der Waals surface area contributed by atoms with E-state index in [1.54, 1.807) is 16.7 Å². The average Bonchev–Trinajstić information content (AvgIpc) is 2.80. The lowest BCUT2D eigenvalue weighted by molar-refractivity contribution is -0.155. The van der Waals surface area contributed by atoms with Crippen molar-refractivity contribution in [1.82, 2.24) is 14.5 Å². The zero-order valence-electron chi connectivity index (χ0n) is 15.2. The number of carbonyl (C=O) groups is 2. The third kappa shape index (κ3) is 3.44. The lowest BCUT2D eigenvalue weighted by Crippen LogP contribution is -2.26. The van der Waals surface area contributed by atoms with E-state index in [9.17, 15) is 9.59 Å². The summed E-state index contributed by atoms with van der Waals surface area (Å²) in [5, 5.41) is 4.14. The molecule has 2 aromatic heterocycles. The van der Waals surface area contributed by atoms with Crippen molar-refractivity contribution in [3.63, 3.8) is 0 Å². The molecule has 0 aliphatic rings. The second kappa shape index (κ2) is 6.29. The summed E-state index contributed by atoms with van der Waals surface area (Å²) in [6, 6.07) is 5.37. The standard InChI is InChI=1S/C18H21N5O3/c1-10(24)22-11-5-6-13-12(7-11)15-16(19)20-9-21-17(15)23(13)8-14(25)26-18(2,3)4/h5-7,9H,8H2,1-4H3,(H,22,24)(H2,19,20,21). The highest BCUT2D eigenvalue weighted by molar-refractivity contribution is 6.13. The zero-order valence-corrected chi connectivity index (χ0v) is 15.2. The van der Waals surface area contributed by atoms with Gasteiger partial charge in [-0.1, -0.05) is 0 Å². The Morgan fingerprint density at radius 1 is 1.27 bits per heavy atom. The van der Waals surface area contributed by atoms with Crippen molar-refractivity contribution in [2.75, 3.05) is 11.1 Å². The number of nitrogens with one attached hydrogen (secondary N) is 1. The van der Waals surface area contributed by atoms with Crippen LogP contribution in [-0.4, -0.2) is 32.0 Å². The summed E-state index contributed by atoms with van der Waals surface area (Å²) in [5.74, 6) is -0.242. The van der Waals surface area contributed by atoms with E-state index in [-0.39, 0.29) is 18.4 Å². The van der Waals surface area contributed by atoms with Gasteiger partial charge in [0, 0.05) is 18.0 Å². The number of nitrogens with zero attached hydrogens (tertiary/aromatic N) is 3. The number of nitrogens with two attached hydrogens (primary N) is 1. The smallest absolute Gasteiger partial charge is 0.326 e. The molecule has 0 aliphatic carbocycles. The van der Waals surface area contributed by atoms with E-state index in [0.717, 1.165) is 10.9 Å². The quantitative estimate of drug-likeness (QED) is 0.698. The molecule has 2 heterocycles. The van der Waals surface area contributed by atoms with Crippen LogP contribution < -0.4 is 11.1 Å². The first-order valence-electron chi connectivity index (χ1n) is 8.17. The van der Waals surface area contributed by atoms with Gasteiger partial charge in [0.15, 0.2) is 0 Å². The Morgan fingerprint density at radius 3 is 2.65 bits per heavy atom. The third-order valence-electron chi connectivity index (χ3n) is 3.70. The number of fused-ring (bicyclic) bond motifs is 3. The van der Waals surface area contributed by atoms with Crippen molar-refractivity contribution < 1.29 is 14.3 Å². The summed E-state index contributed by atoms with van der Waals surface area (Å²) < 4.78 is 7.17. The van der Waals surface area contributed by atoms with Gasteiger partial charge in [-0.3, -0.25) is 9.59 Å². The molecule has 0 unspecified atom stereocenters. The number of hydrogen-bond donors (Lipinski definition) is 2. The summed E-state index contributed by atoms with van der Waals surface area (Å²) >= 11 is 0. The Kier molecular flexibility index (Phi) is 4.27. The molecular formula is C18H21N5O3. The molecule has 1 aromatic carbocycles. The van der Waals surface area contributed by atoms with Crippen LogP contribution in [0, 0.1) is 0 Å². The molecule has 0 radical (unpaired) electrons. The van der Waals surface area contributed by atoms with Gasteiger partial charge in [-0.15, -0.1) is 0 Å². The van der Waals surface area contributed by atoms with Gasteiger partial charge in [-0.2, -0.15) is 0 Å². The van der Waals surface area contributed by atoms with Crippen molar-refractivity contribution in [2.24, 2.45) is 0 Å². The molecule has 8 heteroatoms. The predicted octanol–water partition coefficient (Wildman–Crippen LogP) is 2.47. The molecule has 1 amide bonds. The number of esters is 1. The van der Waals surface area contributed by atoms with Gasteiger partial charge in [0.05, 0.1) is 10.9 Å². The van der Waals surface area contributed by atoms with E-state index >= 15 is 0 Å².